The van der Waals surface area contributed by atoms with E-state index in [2.05, 4.69) is 45.6 Å². The predicted octanol–water partition coefficient (Wildman–Crippen LogP) is 2.46. The summed E-state index contributed by atoms with van der Waals surface area (Å²) in [4.78, 5) is 2.25. The van der Waals surface area contributed by atoms with Crippen LogP contribution in [0.4, 0.5) is 0 Å². The van der Waals surface area contributed by atoms with E-state index < -0.39 is 6.10 Å². The number of aliphatic hydroxyl groups is 1. The van der Waals surface area contributed by atoms with Gasteiger partial charge in [-0.3, -0.25) is 4.90 Å². The first-order valence-electron chi connectivity index (χ1n) is 8.11. The molecule has 0 radical (unpaired) electrons. The van der Waals surface area contributed by atoms with Crippen LogP contribution in [0.25, 0.3) is 0 Å². The third kappa shape index (κ3) is 4.70. The summed E-state index contributed by atoms with van der Waals surface area (Å²) < 4.78 is 11.6. The normalized spacial score (nSPS) is 24.3. The molecule has 0 aliphatic carbocycles. The summed E-state index contributed by atoms with van der Waals surface area (Å²) in [6, 6.07) is 4.18. The van der Waals surface area contributed by atoms with E-state index in [-0.39, 0.29) is 12.2 Å². The number of morpholine rings is 1. The van der Waals surface area contributed by atoms with Crippen LogP contribution in [0.15, 0.2) is 12.1 Å². The zero-order chi connectivity index (χ0) is 16.3. The quantitative estimate of drug-likeness (QED) is 0.907. The van der Waals surface area contributed by atoms with Crippen LogP contribution in [0.1, 0.15) is 30.5 Å². The van der Waals surface area contributed by atoms with Crippen molar-refractivity contribution >= 4 is 0 Å². The predicted molar refractivity (Wildman–Crippen MR) is 88.6 cm³/mol. The number of β-amino-alcohol motifs (C(OH)–C–C–N with tert-alkyl or cyclic N) is 1. The minimum absolute atomic E-state index is 0.221. The van der Waals surface area contributed by atoms with E-state index in [0.29, 0.717) is 13.2 Å². The molecular formula is C18H29NO3. The molecule has 1 aromatic rings. The number of benzene rings is 1. The molecule has 1 aliphatic heterocycles. The van der Waals surface area contributed by atoms with Crippen molar-refractivity contribution in [2.45, 2.75) is 52.9 Å². The number of aliphatic hydroxyl groups excluding tert-OH is 1. The van der Waals surface area contributed by atoms with Crippen LogP contribution < -0.4 is 4.74 Å². The maximum absolute atomic E-state index is 10.3. The largest absolute Gasteiger partial charge is 0.491 e. The van der Waals surface area contributed by atoms with E-state index in [1.807, 2.05) is 6.07 Å². The highest BCUT2D eigenvalue weighted by Gasteiger charge is 2.24. The summed E-state index contributed by atoms with van der Waals surface area (Å²) in [6.07, 6.45) is -0.0465. The lowest BCUT2D eigenvalue weighted by Gasteiger charge is -2.36. The van der Waals surface area contributed by atoms with Gasteiger partial charge in [0.25, 0.3) is 0 Å². The van der Waals surface area contributed by atoms with Crippen LogP contribution in [0.2, 0.25) is 0 Å². The van der Waals surface area contributed by atoms with Crippen molar-refractivity contribution in [2.24, 2.45) is 0 Å². The molecule has 1 aromatic carbocycles. The van der Waals surface area contributed by atoms with Crippen LogP contribution in [0.5, 0.6) is 5.75 Å². The van der Waals surface area contributed by atoms with E-state index in [4.69, 9.17) is 9.47 Å². The molecule has 0 bridgehead atoms. The van der Waals surface area contributed by atoms with E-state index in [9.17, 15) is 5.11 Å². The zero-order valence-electron chi connectivity index (χ0n) is 14.4. The van der Waals surface area contributed by atoms with Crippen molar-refractivity contribution in [2.75, 3.05) is 26.2 Å². The maximum Gasteiger partial charge on any atom is 0.122 e. The zero-order valence-corrected chi connectivity index (χ0v) is 14.4. The summed E-state index contributed by atoms with van der Waals surface area (Å²) in [6.45, 7) is 13.0. The van der Waals surface area contributed by atoms with Crippen LogP contribution in [0, 0.1) is 20.8 Å². The van der Waals surface area contributed by atoms with E-state index in [0.717, 1.165) is 24.4 Å². The molecule has 0 saturated carbocycles. The second kappa shape index (κ2) is 7.44. The highest BCUT2D eigenvalue weighted by atomic mass is 16.5. The molecule has 4 nitrogen and oxygen atoms in total. The minimum Gasteiger partial charge on any atom is -0.491 e. The van der Waals surface area contributed by atoms with Crippen molar-refractivity contribution in [3.05, 3.63) is 28.8 Å². The van der Waals surface area contributed by atoms with Gasteiger partial charge in [-0.15, -0.1) is 0 Å². The number of nitrogens with zero attached hydrogens (tertiary/aromatic N) is 1. The molecule has 0 aromatic heterocycles. The fourth-order valence-corrected chi connectivity index (χ4v) is 3.12. The molecule has 0 amide bonds. The van der Waals surface area contributed by atoms with Crippen molar-refractivity contribution in [1.29, 1.82) is 0 Å². The van der Waals surface area contributed by atoms with Gasteiger partial charge in [0.1, 0.15) is 18.5 Å². The van der Waals surface area contributed by atoms with E-state index >= 15 is 0 Å². The molecule has 3 unspecified atom stereocenters. The Morgan fingerprint density at radius 3 is 2.50 bits per heavy atom. The lowest BCUT2D eigenvalue weighted by Crippen LogP contribution is -2.48. The van der Waals surface area contributed by atoms with Gasteiger partial charge in [0.05, 0.1) is 12.2 Å². The van der Waals surface area contributed by atoms with Gasteiger partial charge < -0.3 is 14.6 Å². The summed E-state index contributed by atoms with van der Waals surface area (Å²) in [5.41, 5.74) is 3.55. The Hall–Kier alpha value is -1.10. The second-order valence-corrected chi connectivity index (χ2v) is 6.65. The van der Waals surface area contributed by atoms with Crippen LogP contribution in [-0.2, 0) is 4.74 Å². The highest BCUT2D eigenvalue weighted by Crippen LogP contribution is 2.23. The van der Waals surface area contributed by atoms with Crippen LogP contribution in [-0.4, -0.2) is 54.6 Å². The van der Waals surface area contributed by atoms with Gasteiger partial charge in [-0.05, 0) is 57.4 Å². The first-order chi connectivity index (χ1) is 10.3. The second-order valence-electron chi connectivity index (χ2n) is 6.65. The van der Waals surface area contributed by atoms with Crippen molar-refractivity contribution in [3.8, 4) is 5.75 Å². The Labute approximate surface area is 134 Å². The Kier molecular flexibility index (Phi) is 5.84. The smallest absolute Gasteiger partial charge is 0.122 e. The first-order valence-corrected chi connectivity index (χ1v) is 8.11. The monoisotopic (exact) mass is 307 g/mol. The van der Waals surface area contributed by atoms with E-state index in [1.165, 1.54) is 11.1 Å². The first kappa shape index (κ1) is 17.3. The van der Waals surface area contributed by atoms with E-state index in [1.54, 1.807) is 0 Å². The van der Waals surface area contributed by atoms with Gasteiger partial charge in [0.15, 0.2) is 0 Å². The van der Waals surface area contributed by atoms with Gasteiger partial charge in [-0.25, -0.2) is 0 Å². The number of hydrogen-bond donors (Lipinski definition) is 1. The number of hydrogen-bond acceptors (Lipinski definition) is 4. The summed E-state index contributed by atoms with van der Waals surface area (Å²) >= 11 is 0. The molecule has 1 heterocycles. The Balaban J connectivity index is 1.86. The number of rotatable bonds is 5. The molecule has 22 heavy (non-hydrogen) atoms. The summed E-state index contributed by atoms with van der Waals surface area (Å²) in [7, 11) is 0. The summed E-state index contributed by atoms with van der Waals surface area (Å²) in [5, 5.41) is 10.3. The van der Waals surface area contributed by atoms with Crippen molar-refractivity contribution in [1.82, 2.24) is 4.90 Å². The van der Waals surface area contributed by atoms with Gasteiger partial charge in [-0.2, -0.15) is 0 Å². The molecular weight excluding hydrogens is 278 g/mol. The molecule has 1 N–H and O–H groups in total. The Morgan fingerprint density at radius 1 is 1.23 bits per heavy atom. The molecule has 2 rings (SSSR count). The molecule has 124 valence electrons. The van der Waals surface area contributed by atoms with Crippen molar-refractivity contribution < 1.29 is 14.6 Å². The van der Waals surface area contributed by atoms with Gasteiger partial charge in [0, 0.05) is 19.6 Å². The SMILES string of the molecule is Cc1cc(C)c(C)c(OCC(O)CN2CC(C)OC(C)C2)c1. The topological polar surface area (TPSA) is 41.9 Å². The molecule has 1 aliphatic rings. The molecule has 1 saturated heterocycles. The molecule has 0 spiro atoms. The fraction of sp³-hybridized carbons (Fsp3) is 0.667. The average molecular weight is 307 g/mol. The number of ether oxygens (including phenoxy) is 2. The Morgan fingerprint density at radius 2 is 1.86 bits per heavy atom. The lowest BCUT2D eigenvalue weighted by atomic mass is 10.1. The fourth-order valence-electron chi connectivity index (χ4n) is 3.12. The molecule has 4 heteroatoms. The summed E-state index contributed by atoms with van der Waals surface area (Å²) in [5.74, 6) is 0.875. The van der Waals surface area contributed by atoms with Gasteiger partial charge in [-0.1, -0.05) is 6.07 Å². The van der Waals surface area contributed by atoms with Crippen LogP contribution >= 0.6 is 0 Å². The standard InChI is InChI=1S/C18H29NO3/c1-12-6-13(2)16(5)18(7-12)21-11-17(20)10-19-8-14(3)22-15(4)9-19/h6-7,14-15,17,20H,8-11H2,1-5H3. The van der Waals surface area contributed by atoms with Crippen LogP contribution in [0.3, 0.4) is 0 Å². The van der Waals surface area contributed by atoms with Gasteiger partial charge in [0.2, 0.25) is 0 Å². The third-order valence-corrected chi connectivity index (χ3v) is 4.16. The van der Waals surface area contributed by atoms with Crippen molar-refractivity contribution in [3.63, 3.8) is 0 Å². The highest BCUT2D eigenvalue weighted by molar-refractivity contribution is 5.41. The maximum atomic E-state index is 10.3. The molecule has 3 atom stereocenters. The van der Waals surface area contributed by atoms with Gasteiger partial charge >= 0.3 is 0 Å². The Bertz CT molecular complexity index is 493. The molecule has 1 fully saturated rings. The lowest BCUT2D eigenvalue weighted by molar-refractivity contribution is -0.0787. The average Bonchev–Trinajstić information content (AvgIpc) is 2.40. The number of aryl methyl sites for hydroxylation is 2. The minimum atomic E-state index is -0.488. The third-order valence-electron chi connectivity index (χ3n) is 4.16.